The van der Waals surface area contributed by atoms with E-state index in [0.717, 1.165) is 24.3 Å². The van der Waals surface area contributed by atoms with Crippen LogP contribution in [-0.4, -0.2) is 56.2 Å². The molecule has 0 saturated carbocycles. The highest BCUT2D eigenvalue weighted by Gasteiger charge is 2.12. The molecule has 1 aromatic rings. The number of benzene rings is 1. The molecule has 1 aliphatic heterocycles. The summed E-state index contributed by atoms with van der Waals surface area (Å²) in [7, 11) is 2.20. The highest BCUT2D eigenvalue weighted by atomic mass is 35.5. The fourth-order valence-corrected chi connectivity index (χ4v) is 2.94. The summed E-state index contributed by atoms with van der Waals surface area (Å²) in [6.07, 6.45) is 3.57. The second kappa shape index (κ2) is 8.62. The quantitative estimate of drug-likeness (QED) is 0.718. The number of para-hydroxylation sites is 1. The third kappa shape index (κ3) is 5.50. The first-order valence-corrected chi connectivity index (χ1v) is 8.33. The van der Waals surface area contributed by atoms with E-state index in [-0.39, 0.29) is 0 Å². The van der Waals surface area contributed by atoms with Gasteiger partial charge in [-0.05, 0) is 51.4 Å². The lowest BCUT2D eigenvalue weighted by Crippen LogP contribution is -2.44. The maximum absolute atomic E-state index is 6.15. The Morgan fingerprint density at radius 1 is 1.10 bits per heavy atom. The number of piperazine rings is 1. The second-order valence-corrected chi connectivity index (χ2v) is 6.35. The molecule has 0 unspecified atom stereocenters. The molecule has 0 bridgehead atoms. The molecule has 1 aliphatic rings. The Balaban J connectivity index is 1.56. The Hall–Kier alpha value is -0.770. The smallest absolute Gasteiger partial charge is 0.140 e. The lowest BCUT2D eigenvalue weighted by atomic mass is 10.2. The van der Waals surface area contributed by atoms with Gasteiger partial charge in [0.2, 0.25) is 0 Å². The highest BCUT2D eigenvalue weighted by molar-refractivity contribution is 6.32. The molecule has 0 aromatic heterocycles. The molecule has 1 heterocycles. The zero-order valence-corrected chi connectivity index (χ0v) is 14.0. The van der Waals surface area contributed by atoms with E-state index >= 15 is 0 Å². The van der Waals surface area contributed by atoms with Gasteiger partial charge in [0, 0.05) is 26.2 Å². The summed E-state index contributed by atoms with van der Waals surface area (Å²) in [5.74, 6) is 0.846. The molecule has 1 saturated heterocycles. The standard InChI is InChI=1S/C17H27ClN2O/c1-15-7-6-8-16(18)17(15)21-14-5-3-4-9-20-12-10-19(2)11-13-20/h6-8H,3-5,9-14H2,1-2H3. The summed E-state index contributed by atoms with van der Waals surface area (Å²) in [5, 5.41) is 0.715. The Morgan fingerprint density at radius 3 is 2.57 bits per heavy atom. The van der Waals surface area contributed by atoms with Crippen LogP contribution in [0.1, 0.15) is 24.8 Å². The zero-order chi connectivity index (χ0) is 15.1. The lowest BCUT2D eigenvalue weighted by molar-refractivity contribution is 0.151. The van der Waals surface area contributed by atoms with Crippen LogP contribution >= 0.6 is 11.6 Å². The number of nitrogens with zero attached hydrogens (tertiary/aromatic N) is 2. The predicted molar refractivity (Wildman–Crippen MR) is 89.5 cm³/mol. The molecule has 4 heteroatoms. The van der Waals surface area contributed by atoms with E-state index in [1.54, 1.807) is 0 Å². The summed E-state index contributed by atoms with van der Waals surface area (Å²) in [6.45, 7) is 8.85. The van der Waals surface area contributed by atoms with Crippen molar-refractivity contribution in [3.8, 4) is 5.75 Å². The molecule has 1 fully saturated rings. The van der Waals surface area contributed by atoms with Crippen LogP contribution in [0, 0.1) is 6.92 Å². The molecule has 0 N–H and O–H groups in total. The van der Waals surface area contributed by atoms with Crippen molar-refractivity contribution >= 4 is 11.6 Å². The molecular weight excluding hydrogens is 284 g/mol. The molecule has 2 rings (SSSR count). The SMILES string of the molecule is Cc1cccc(Cl)c1OCCCCCN1CCN(C)CC1. The third-order valence-electron chi connectivity index (χ3n) is 4.12. The van der Waals surface area contributed by atoms with Gasteiger partial charge in [0.15, 0.2) is 0 Å². The Bertz CT molecular complexity index is 411. The van der Waals surface area contributed by atoms with E-state index in [4.69, 9.17) is 16.3 Å². The molecule has 0 atom stereocenters. The van der Waals surface area contributed by atoms with Crippen molar-refractivity contribution in [2.24, 2.45) is 0 Å². The summed E-state index contributed by atoms with van der Waals surface area (Å²) in [6, 6.07) is 5.88. The van der Waals surface area contributed by atoms with Crippen molar-refractivity contribution in [1.29, 1.82) is 0 Å². The number of halogens is 1. The van der Waals surface area contributed by atoms with Crippen LogP contribution in [0.5, 0.6) is 5.75 Å². The topological polar surface area (TPSA) is 15.7 Å². The monoisotopic (exact) mass is 310 g/mol. The van der Waals surface area contributed by atoms with Crippen LogP contribution in [0.25, 0.3) is 0 Å². The molecule has 0 aliphatic carbocycles. The van der Waals surface area contributed by atoms with Crippen molar-refractivity contribution in [1.82, 2.24) is 9.80 Å². The van der Waals surface area contributed by atoms with E-state index in [1.807, 2.05) is 25.1 Å². The van der Waals surface area contributed by atoms with Gasteiger partial charge in [0.1, 0.15) is 5.75 Å². The van der Waals surface area contributed by atoms with Crippen LogP contribution < -0.4 is 4.74 Å². The number of rotatable bonds is 7. The molecular formula is C17H27ClN2O. The first-order valence-electron chi connectivity index (χ1n) is 7.95. The molecule has 1 aromatic carbocycles. The maximum Gasteiger partial charge on any atom is 0.140 e. The molecule has 3 nitrogen and oxygen atoms in total. The minimum Gasteiger partial charge on any atom is -0.492 e. The number of unbranched alkanes of at least 4 members (excludes halogenated alkanes) is 2. The normalized spacial score (nSPS) is 17.1. The number of ether oxygens (including phenoxy) is 1. The summed E-state index contributed by atoms with van der Waals surface area (Å²) >= 11 is 6.15. The number of hydrogen-bond acceptors (Lipinski definition) is 3. The summed E-state index contributed by atoms with van der Waals surface area (Å²) in [5.41, 5.74) is 1.11. The average Bonchev–Trinajstić information content (AvgIpc) is 2.47. The van der Waals surface area contributed by atoms with E-state index < -0.39 is 0 Å². The molecule has 21 heavy (non-hydrogen) atoms. The summed E-state index contributed by atoms with van der Waals surface area (Å²) in [4.78, 5) is 4.97. The van der Waals surface area contributed by atoms with E-state index in [9.17, 15) is 0 Å². The zero-order valence-electron chi connectivity index (χ0n) is 13.3. The summed E-state index contributed by atoms with van der Waals surface area (Å²) < 4.78 is 5.82. The van der Waals surface area contributed by atoms with Gasteiger partial charge in [-0.3, -0.25) is 0 Å². The van der Waals surface area contributed by atoms with Gasteiger partial charge >= 0.3 is 0 Å². The van der Waals surface area contributed by atoms with Crippen LogP contribution in [-0.2, 0) is 0 Å². The van der Waals surface area contributed by atoms with Crippen LogP contribution in [0.3, 0.4) is 0 Å². The van der Waals surface area contributed by atoms with Gasteiger partial charge < -0.3 is 14.5 Å². The maximum atomic E-state index is 6.15. The van der Waals surface area contributed by atoms with Crippen molar-refractivity contribution in [3.05, 3.63) is 28.8 Å². The van der Waals surface area contributed by atoms with Gasteiger partial charge in [-0.2, -0.15) is 0 Å². The van der Waals surface area contributed by atoms with Crippen molar-refractivity contribution in [2.75, 3.05) is 46.4 Å². The van der Waals surface area contributed by atoms with Gasteiger partial charge in [-0.25, -0.2) is 0 Å². The predicted octanol–water partition coefficient (Wildman–Crippen LogP) is 3.44. The minimum absolute atomic E-state index is 0.715. The van der Waals surface area contributed by atoms with Gasteiger partial charge in [-0.15, -0.1) is 0 Å². The first kappa shape index (κ1) is 16.6. The Morgan fingerprint density at radius 2 is 1.86 bits per heavy atom. The molecule has 0 radical (unpaired) electrons. The van der Waals surface area contributed by atoms with Gasteiger partial charge in [-0.1, -0.05) is 23.7 Å². The van der Waals surface area contributed by atoms with Crippen LogP contribution in [0.4, 0.5) is 0 Å². The molecule has 118 valence electrons. The molecule has 0 spiro atoms. The first-order chi connectivity index (χ1) is 10.2. The fraction of sp³-hybridized carbons (Fsp3) is 0.647. The number of aryl methyl sites for hydroxylation is 1. The van der Waals surface area contributed by atoms with E-state index in [0.29, 0.717) is 5.02 Å². The van der Waals surface area contributed by atoms with E-state index in [2.05, 4.69) is 16.8 Å². The highest BCUT2D eigenvalue weighted by Crippen LogP contribution is 2.27. The third-order valence-corrected chi connectivity index (χ3v) is 4.42. The lowest BCUT2D eigenvalue weighted by Gasteiger charge is -2.32. The van der Waals surface area contributed by atoms with Gasteiger partial charge in [0.05, 0.1) is 11.6 Å². The number of likely N-dealkylation sites (N-methyl/N-ethyl adjacent to an activating group) is 1. The second-order valence-electron chi connectivity index (χ2n) is 5.94. The van der Waals surface area contributed by atoms with Crippen molar-refractivity contribution in [2.45, 2.75) is 26.2 Å². The van der Waals surface area contributed by atoms with Gasteiger partial charge in [0.25, 0.3) is 0 Å². The largest absolute Gasteiger partial charge is 0.492 e. The molecule has 0 amide bonds. The number of hydrogen-bond donors (Lipinski definition) is 0. The minimum atomic E-state index is 0.715. The van der Waals surface area contributed by atoms with E-state index in [1.165, 1.54) is 45.6 Å². The fourth-order valence-electron chi connectivity index (χ4n) is 2.66. The van der Waals surface area contributed by atoms with Crippen LogP contribution in [0.15, 0.2) is 18.2 Å². The van der Waals surface area contributed by atoms with Crippen molar-refractivity contribution < 1.29 is 4.74 Å². The Labute approximate surface area is 133 Å². The van der Waals surface area contributed by atoms with Crippen LogP contribution in [0.2, 0.25) is 5.02 Å². The van der Waals surface area contributed by atoms with Crippen molar-refractivity contribution in [3.63, 3.8) is 0 Å². The average molecular weight is 311 g/mol. The Kier molecular flexibility index (Phi) is 6.81.